The minimum atomic E-state index is -0.0408. The number of nitrogens with zero attached hydrogens (tertiary/aromatic N) is 1. The molecule has 1 aliphatic heterocycles. The fourth-order valence-electron chi connectivity index (χ4n) is 2.10. The van der Waals surface area contributed by atoms with Gasteiger partial charge in [-0.25, -0.2) is 0 Å². The maximum atomic E-state index is 12.0. The predicted octanol–water partition coefficient (Wildman–Crippen LogP) is 0.301. The van der Waals surface area contributed by atoms with Gasteiger partial charge in [0.2, 0.25) is 11.8 Å². The van der Waals surface area contributed by atoms with E-state index in [0.717, 1.165) is 19.3 Å². The SMILES string of the molecule is O=C1CN(C(=O)C2CC=CCC2)CCN1. The maximum absolute atomic E-state index is 12.0. The number of carbonyl (C=O) groups excluding carboxylic acids is 2. The number of rotatable bonds is 1. The zero-order valence-electron chi connectivity index (χ0n) is 8.74. The van der Waals surface area contributed by atoms with Crippen LogP contribution in [0.25, 0.3) is 0 Å². The lowest BCUT2D eigenvalue weighted by Gasteiger charge is -2.30. The minimum Gasteiger partial charge on any atom is -0.353 e. The van der Waals surface area contributed by atoms with Crippen LogP contribution < -0.4 is 5.32 Å². The van der Waals surface area contributed by atoms with Gasteiger partial charge in [-0.05, 0) is 19.3 Å². The molecule has 82 valence electrons. The quantitative estimate of drug-likeness (QED) is 0.630. The van der Waals surface area contributed by atoms with Gasteiger partial charge in [-0.1, -0.05) is 12.2 Å². The van der Waals surface area contributed by atoms with E-state index in [-0.39, 0.29) is 24.3 Å². The minimum absolute atomic E-state index is 0.0408. The van der Waals surface area contributed by atoms with Crippen molar-refractivity contribution in [2.75, 3.05) is 19.6 Å². The van der Waals surface area contributed by atoms with Crippen molar-refractivity contribution in [2.45, 2.75) is 19.3 Å². The van der Waals surface area contributed by atoms with Crippen LogP contribution in [0.15, 0.2) is 12.2 Å². The topological polar surface area (TPSA) is 49.4 Å². The Balaban J connectivity index is 1.94. The van der Waals surface area contributed by atoms with Crippen molar-refractivity contribution in [1.29, 1.82) is 0 Å². The van der Waals surface area contributed by atoms with Crippen LogP contribution in [0.1, 0.15) is 19.3 Å². The van der Waals surface area contributed by atoms with E-state index in [2.05, 4.69) is 17.5 Å². The lowest BCUT2D eigenvalue weighted by atomic mass is 9.93. The maximum Gasteiger partial charge on any atom is 0.239 e. The molecule has 1 unspecified atom stereocenters. The molecule has 0 bridgehead atoms. The van der Waals surface area contributed by atoms with Gasteiger partial charge in [0.25, 0.3) is 0 Å². The molecule has 1 heterocycles. The Morgan fingerprint density at radius 1 is 1.47 bits per heavy atom. The molecule has 0 radical (unpaired) electrons. The van der Waals surface area contributed by atoms with Crippen molar-refractivity contribution in [3.8, 4) is 0 Å². The molecule has 1 aliphatic carbocycles. The molecule has 2 amide bonds. The van der Waals surface area contributed by atoms with Crippen LogP contribution in [0.2, 0.25) is 0 Å². The number of hydrogen-bond donors (Lipinski definition) is 1. The summed E-state index contributed by atoms with van der Waals surface area (Å²) in [7, 11) is 0. The van der Waals surface area contributed by atoms with Gasteiger partial charge >= 0.3 is 0 Å². The molecule has 15 heavy (non-hydrogen) atoms. The van der Waals surface area contributed by atoms with Gasteiger partial charge in [0.15, 0.2) is 0 Å². The molecule has 1 saturated heterocycles. The summed E-state index contributed by atoms with van der Waals surface area (Å²) in [5, 5.41) is 2.72. The van der Waals surface area contributed by atoms with Crippen LogP contribution in [-0.4, -0.2) is 36.3 Å². The monoisotopic (exact) mass is 208 g/mol. The number of piperazine rings is 1. The Hall–Kier alpha value is -1.32. The Bertz CT molecular complexity index is 299. The molecule has 0 saturated carbocycles. The van der Waals surface area contributed by atoms with Crippen LogP contribution in [0.5, 0.6) is 0 Å². The zero-order valence-corrected chi connectivity index (χ0v) is 8.74. The Morgan fingerprint density at radius 2 is 2.33 bits per heavy atom. The van der Waals surface area contributed by atoms with Crippen LogP contribution in [0.4, 0.5) is 0 Å². The van der Waals surface area contributed by atoms with Crippen molar-refractivity contribution in [1.82, 2.24) is 10.2 Å². The normalized spacial score (nSPS) is 26.3. The summed E-state index contributed by atoms with van der Waals surface area (Å²) in [6.07, 6.45) is 6.92. The fraction of sp³-hybridized carbons (Fsp3) is 0.636. The van der Waals surface area contributed by atoms with Crippen LogP contribution in [0.3, 0.4) is 0 Å². The molecule has 1 N–H and O–H groups in total. The molecule has 1 fully saturated rings. The summed E-state index contributed by atoms with van der Waals surface area (Å²) in [5.41, 5.74) is 0. The predicted molar refractivity (Wildman–Crippen MR) is 56.1 cm³/mol. The highest BCUT2D eigenvalue weighted by molar-refractivity contribution is 5.87. The largest absolute Gasteiger partial charge is 0.353 e. The lowest BCUT2D eigenvalue weighted by molar-refractivity contribution is -0.141. The van der Waals surface area contributed by atoms with Crippen LogP contribution >= 0.6 is 0 Å². The van der Waals surface area contributed by atoms with Gasteiger partial charge in [-0.3, -0.25) is 9.59 Å². The number of allylic oxidation sites excluding steroid dienone is 2. The van der Waals surface area contributed by atoms with E-state index in [1.165, 1.54) is 0 Å². The highest BCUT2D eigenvalue weighted by Gasteiger charge is 2.27. The number of amides is 2. The molecular weight excluding hydrogens is 192 g/mol. The molecule has 2 rings (SSSR count). The molecule has 0 aromatic carbocycles. The molecule has 0 aromatic heterocycles. The second-order valence-corrected chi connectivity index (χ2v) is 4.09. The third kappa shape index (κ3) is 2.37. The highest BCUT2D eigenvalue weighted by atomic mass is 16.2. The molecule has 2 aliphatic rings. The smallest absolute Gasteiger partial charge is 0.239 e. The number of hydrogen-bond acceptors (Lipinski definition) is 2. The second-order valence-electron chi connectivity index (χ2n) is 4.09. The summed E-state index contributed by atoms with van der Waals surface area (Å²) in [5.74, 6) is 0.205. The summed E-state index contributed by atoms with van der Waals surface area (Å²) < 4.78 is 0. The molecule has 4 nitrogen and oxygen atoms in total. The van der Waals surface area contributed by atoms with Crippen molar-refractivity contribution < 1.29 is 9.59 Å². The van der Waals surface area contributed by atoms with Crippen molar-refractivity contribution in [2.24, 2.45) is 5.92 Å². The molecule has 0 spiro atoms. The molecule has 1 atom stereocenters. The van der Waals surface area contributed by atoms with E-state index >= 15 is 0 Å². The zero-order chi connectivity index (χ0) is 10.7. The number of carbonyl (C=O) groups is 2. The van der Waals surface area contributed by atoms with Crippen molar-refractivity contribution in [3.63, 3.8) is 0 Å². The van der Waals surface area contributed by atoms with Crippen molar-refractivity contribution in [3.05, 3.63) is 12.2 Å². The first-order valence-electron chi connectivity index (χ1n) is 5.48. The van der Waals surface area contributed by atoms with Gasteiger partial charge in [0.05, 0.1) is 6.54 Å². The van der Waals surface area contributed by atoms with Gasteiger partial charge in [0.1, 0.15) is 0 Å². The fourth-order valence-corrected chi connectivity index (χ4v) is 2.10. The van der Waals surface area contributed by atoms with Gasteiger partial charge in [-0.15, -0.1) is 0 Å². The Morgan fingerprint density at radius 3 is 3.00 bits per heavy atom. The average Bonchev–Trinajstić information content (AvgIpc) is 2.29. The van der Waals surface area contributed by atoms with E-state index < -0.39 is 0 Å². The summed E-state index contributed by atoms with van der Waals surface area (Å²) in [4.78, 5) is 24.8. The second kappa shape index (κ2) is 4.47. The standard InChI is InChI=1S/C11H16N2O2/c14-10-8-13(7-6-12-10)11(15)9-4-2-1-3-5-9/h1-2,9H,3-8H2,(H,12,14). The van der Waals surface area contributed by atoms with E-state index in [0.29, 0.717) is 13.1 Å². The first-order chi connectivity index (χ1) is 7.27. The Labute approximate surface area is 89.3 Å². The van der Waals surface area contributed by atoms with E-state index in [1.54, 1.807) is 4.90 Å². The third-order valence-corrected chi connectivity index (χ3v) is 2.97. The molecule has 4 heteroatoms. The first-order valence-corrected chi connectivity index (χ1v) is 5.48. The lowest BCUT2D eigenvalue weighted by Crippen LogP contribution is -2.51. The van der Waals surface area contributed by atoms with Gasteiger partial charge in [-0.2, -0.15) is 0 Å². The third-order valence-electron chi connectivity index (χ3n) is 2.97. The van der Waals surface area contributed by atoms with E-state index in [9.17, 15) is 9.59 Å². The van der Waals surface area contributed by atoms with Gasteiger partial charge < -0.3 is 10.2 Å². The van der Waals surface area contributed by atoms with E-state index in [4.69, 9.17) is 0 Å². The molecular formula is C11H16N2O2. The summed E-state index contributed by atoms with van der Waals surface area (Å²) >= 11 is 0. The first kappa shape index (κ1) is 10.2. The Kier molecular flexibility index (Phi) is 3.04. The number of nitrogens with one attached hydrogen (secondary N) is 1. The summed E-state index contributed by atoms with van der Waals surface area (Å²) in [6.45, 7) is 1.48. The average molecular weight is 208 g/mol. The van der Waals surface area contributed by atoms with Gasteiger partial charge in [0, 0.05) is 19.0 Å². The van der Waals surface area contributed by atoms with E-state index in [1.807, 2.05) is 0 Å². The molecule has 0 aromatic rings. The van der Waals surface area contributed by atoms with Crippen molar-refractivity contribution >= 4 is 11.8 Å². The highest BCUT2D eigenvalue weighted by Crippen LogP contribution is 2.20. The summed E-state index contributed by atoms with van der Waals surface area (Å²) in [6, 6.07) is 0. The van der Waals surface area contributed by atoms with Crippen LogP contribution in [0, 0.1) is 5.92 Å². The van der Waals surface area contributed by atoms with Crippen LogP contribution in [-0.2, 0) is 9.59 Å².